The van der Waals surface area contributed by atoms with Crippen molar-refractivity contribution < 1.29 is 0 Å². The van der Waals surface area contributed by atoms with Crippen molar-refractivity contribution in [2.45, 2.75) is 26.2 Å². The minimum Gasteiger partial charge on any atom is -0.0622 e. The van der Waals surface area contributed by atoms with Crippen molar-refractivity contribution in [1.82, 2.24) is 0 Å². The molecule has 0 unspecified atom stereocenters. The summed E-state index contributed by atoms with van der Waals surface area (Å²) in [6.45, 7) is 6.93. The van der Waals surface area contributed by atoms with Crippen molar-refractivity contribution in [1.29, 1.82) is 0 Å². The molecule has 0 amide bonds. The van der Waals surface area contributed by atoms with Crippen LogP contribution < -0.4 is 0 Å². The molecule has 0 saturated heterocycles. The third-order valence-electron chi connectivity index (χ3n) is 8.11. The van der Waals surface area contributed by atoms with Crippen LogP contribution in [-0.4, -0.2) is 0 Å². The fourth-order valence-corrected chi connectivity index (χ4v) is 6.36. The van der Waals surface area contributed by atoms with E-state index >= 15 is 0 Å². The second kappa shape index (κ2) is 7.67. The summed E-state index contributed by atoms with van der Waals surface area (Å²) in [5.41, 5.74) is 12.1. The van der Waals surface area contributed by atoms with Crippen LogP contribution in [0.2, 0.25) is 0 Å². The number of fused-ring (bicyclic) bond motifs is 5. The van der Waals surface area contributed by atoms with Gasteiger partial charge in [-0.05, 0) is 79.0 Å². The summed E-state index contributed by atoms with van der Waals surface area (Å²) in [5, 5.41) is 5.21. The summed E-state index contributed by atoms with van der Waals surface area (Å²) in [6, 6.07) is 42.7. The van der Waals surface area contributed by atoms with Gasteiger partial charge in [0.25, 0.3) is 0 Å². The van der Waals surface area contributed by atoms with Crippen LogP contribution in [0.25, 0.3) is 54.9 Å². The van der Waals surface area contributed by atoms with Gasteiger partial charge in [0.05, 0.1) is 0 Å². The minimum absolute atomic E-state index is 0.0255. The largest absolute Gasteiger partial charge is 0.0622 e. The zero-order valence-electron chi connectivity index (χ0n) is 21.0. The fourth-order valence-electron chi connectivity index (χ4n) is 6.36. The van der Waals surface area contributed by atoms with Crippen molar-refractivity contribution in [3.63, 3.8) is 0 Å². The molecule has 6 aromatic rings. The molecule has 172 valence electrons. The van der Waals surface area contributed by atoms with Gasteiger partial charge in [0.15, 0.2) is 0 Å². The summed E-state index contributed by atoms with van der Waals surface area (Å²) >= 11 is 0. The summed E-state index contributed by atoms with van der Waals surface area (Å²) in [7, 11) is 0. The molecule has 7 rings (SSSR count). The first-order valence-corrected chi connectivity index (χ1v) is 12.8. The van der Waals surface area contributed by atoms with Crippen molar-refractivity contribution in [2.75, 3.05) is 0 Å². The molecule has 0 aliphatic heterocycles. The second-order valence-electron chi connectivity index (χ2n) is 10.6. The zero-order chi connectivity index (χ0) is 24.4. The molecular weight excluding hydrogens is 432 g/mol. The predicted molar refractivity (Wildman–Crippen MR) is 155 cm³/mol. The van der Waals surface area contributed by atoms with Crippen LogP contribution in [-0.2, 0) is 5.41 Å². The van der Waals surface area contributed by atoms with Gasteiger partial charge < -0.3 is 0 Å². The molecule has 0 radical (unpaired) electrons. The van der Waals surface area contributed by atoms with E-state index < -0.39 is 0 Å². The van der Waals surface area contributed by atoms with Crippen molar-refractivity contribution in [2.24, 2.45) is 0 Å². The van der Waals surface area contributed by atoms with Crippen LogP contribution in [0.1, 0.15) is 30.5 Å². The van der Waals surface area contributed by atoms with Crippen LogP contribution in [0.3, 0.4) is 0 Å². The van der Waals surface area contributed by atoms with Crippen LogP contribution in [0.4, 0.5) is 0 Å². The molecule has 36 heavy (non-hydrogen) atoms. The van der Waals surface area contributed by atoms with Gasteiger partial charge in [-0.25, -0.2) is 0 Å². The maximum absolute atomic E-state index is 2.46. The maximum atomic E-state index is 2.46. The molecule has 0 atom stereocenters. The van der Waals surface area contributed by atoms with E-state index in [0.29, 0.717) is 0 Å². The second-order valence-corrected chi connectivity index (χ2v) is 10.6. The van der Waals surface area contributed by atoms with Gasteiger partial charge in [-0.15, -0.1) is 0 Å². The Labute approximate surface area is 212 Å². The Balaban J connectivity index is 1.56. The molecule has 0 nitrogen and oxygen atoms in total. The molecule has 0 fully saturated rings. The fraction of sp³-hybridized carbons (Fsp3) is 0.111. The SMILES string of the molecule is Cc1ccc2c(c1)C(C)(C)c1cc(-c3c4ccccc4c(-c4ccccc4)c4ccccc34)ccc1-2. The predicted octanol–water partition coefficient (Wildman–Crippen LogP) is 9.94. The lowest BCUT2D eigenvalue weighted by molar-refractivity contribution is 0.660. The average molecular weight is 461 g/mol. The average Bonchev–Trinajstić information content (AvgIpc) is 3.13. The molecule has 0 heteroatoms. The monoisotopic (exact) mass is 460 g/mol. The Morgan fingerprint density at radius 2 is 0.917 bits per heavy atom. The molecule has 0 heterocycles. The standard InChI is InChI=1S/C36H28/c1-23-17-19-26-27-20-18-25(22-33(27)36(2,3)32(26)21-23)35-30-15-9-7-13-28(30)34(24-11-5-4-6-12-24)29-14-8-10-16-31(29)35/h4-22H,1-3H3. The Bertz CT molecular complexity index is 1750. The quantitative estimate of drug-likeness (QED) is 0.226. The molecular formula is C36H28. The number of rotatable bonds is 2. The maximum Gasteiger partial charge on any atom is 0.0159 e. The lowest BCUT2D eigenvalue weighted by atomic mass is 9.80. The van der Waals surface area contributed by atoms with Crippen LogP contribution in [0.5, 0.6) is 0 Å². The van der Waals surface area contributed by atoms with E-state index in [9.17, 15) is 0 Å². The third-order valence-corrected chi connectivity index (χ3v) is 8.11. The lowest BCUT2D eigenvalue weighted by Gasteiger charge is -2.23. The Morgan fingerprint density at radius 3 is 1.50 bits per heavy atom. The number of benzene rings is 6. The molecule has 0 spiro atoms. The van der Waals surface area contributed by atoms with E-state index in [0.717, 1.165) is 0 Å². The van der Waals surface area contributed by atoms with Crippen molar-refractivity contribution in [3.8, 4) is 33.4 Å². The van der Waals surface area contributed by atoms with E-state index in [-0.39, 0.29) is 5.41 Å². The molecule has 1 aliphatic carbocycles. The van der Waals surface area contributed by atoms with Gasteiger partial charge >= 0.3 is 0 Å². The molecule has 0 saturated carbocycles. The highest BCUT2D eigenvalue weighted by Gasteiger charge is 2.35. The molecule has 0 N–H and O–H groups in total. The Hall–Kier alpha value is -4.16. The summed E-state index contributed by atoms with van der Waals surface area (Å²) in [6.07, 6.45) is 0. The zero-order valence-corrected chi connectivity index (χ0v) is 21.0. The van der Waals surface area contributed by atoms with Crippen molar-refractivity contribution >= 4 is 21.5 Å². The van der Waals surface area contributed by atoms with Crippen molar-refractivity contribution in [3.05, 3.63) is 132 Å². The number of hydrogen-bond acceptors (Lipinski definition) is 0. The van der Waals surface area contributed by atoms with Gasteiger partial charge in [-0.1, -0.05) is 129 Å². The molecule has 1 aliphatic rings. The molecule has 0 bridgehead atoms. The van der Waals surface area contributed by atoms with E-state index in [1.165, 1.54) is 71.6 Å². The smallest absolute Gasteiger partial charge is 0.0159 e. The first-order chi connectivity index (χ1) is 17.5. The molecule has 0 aromatic heterocycles. The Morgan fingerprint density at radius 1 is 0.444 bits per heavy atom. The highest BCUT2D eigenvalue weighted by Crippen LogP contribution is 2.51. The van der Waals surface area contributed by atoms with Crippen LogP contribution in [0.15, 0.2) is 115 Å². The summed E-state index contributed by atoms with van der Waals surface area (Å²) in [5.74, 6) is 0. The minimum atomic E-state index is -0.0255. The normalized spacial score (nSPS) is 13.6. The van der Waals surface area contributed by atoms with E-state index in [1.54, 1.807) is 0 Å². The van der Waals surface area contributed by atoms with Gasteiger partial charge in [-0.2, -0.15) is 0 Å². The Kier molecular flexibility index (Phi) is 4.51. The van der Waals surface area contributed by atoms with Crippen LogP contribution >= 0.6 is 0 Å². The van der Waals surface area contributed by atoms with E-state index in [1.807, 2.05) is 0 Å². The van der Waals surface area contributed by atoms with Gasteiger partial charge in [0.2, 0.25) is 0 Å². The number of aryl methyl sites for hydroxylation is 1. The van der Waals surface area contributed by atoms with Gasteiger partial charge in [0.1, 0.15) is 0 Å². The lowest BCUT2D eigenvalue weighted by Crippen LogP contribution is -2.15. The van der Waals surface area contributed by atoms with E-state index in [4.69, 9.17) is 0 Å². The van der Waals surface area contributed by atoms with Gasteiger partial charge in [0, 0.05) is 5.41 Å². The first kappa shape index (κ1) is 21.1. The molecule has 6 aromatic carbocycles. The van der Waals surface area contributed by atoms with Crippen LogP contribution in [0, 0.1) is 6.92 Å². The third kappa shape index (κ3) is 2.94. The van der Waals surface area contributed by atoms with Gasteiger partial charge in [-0.3, -0.25) is 0 Å². The number of hydrogen-bond donors (Lipinski definition) is 0. The van der Waals surface area contributed by atoms with E-state index in [2.05, 4.69) is 136 Å². The summed E-state index contributed by atoms with van der Waals surface area (Å²) in [4.78, 5) is 0. The summed E-state index contributed by atoms with van der Waals surface area (Å²) < 4.78 is 0. The first-order valence-electron chi connectivity index (χ1n) is 12.8. The highest BCUT2D eigenvalue weighted by atomic mass is 14.4. The highest BCUT2D eigenvalue weighted by molar-refractivity contribution is 6.21. The topological polar surface area (TPSA) is 0 Å².